The topological polar surface area (TPSA) is 0 Å². The number of unbranched alkanes of at least 4 members (excludes halogenated alkanes) is 6. The number of allylic oxidation sites excluding steroid dienone is 1. The summed E-state index contributed by atoms with van der Waals surface area (Å²) in [6.07, 6.45) is 11.7. The maximum atomic E-state index is 3.87. The largest absolute Gasteiger partial charge is 0.100 e. The van der Waals surface area contributed by atoms with E-state index >= 15 is 0 Å². The molecular formula is C12H23. The first-order valence-electron chi connectivity index (χ1n) is 5.23. The lowest BCUT2D eigenvalue weighted by molar-refractivity contribution is 0.625. The van der Waals surface area contributed by atoms with Crippen molar-refractivity contribution in [1.29, 1.82) is 0 Å². The maximum absolute atomic E-state index is 3.87. The normalized spacial score (nSPS) is 10.2. The van der Waals surface area contributed by atoms with Crippen LogP contribution in [0.3, 0.4) is 0 Å². The van der Waals surface area contributed by atoms with Crippen molar-refractivity contribution in [3.63, 3.8) is 0 Å². The molecule has 0 heterocycles. The second kappa shape index (κ2) is 8.83. The van der Waals surface area contributed by atoms with Crippen LogP contribution in [0.2, 0.25) is 0 Å². The summed E-state index contributed by atoms with van der Waals surface area (Å²) in [6.45, 7) is 8.22. The summed E-state index contributed by atoms with van der Waals surface area (Å²) in [7, 11) is 0. The van der Waals surface area contributed by atoms with Crippen molar-refractivity contribution >= 4 is 0 Å². The molecule has 1 radical (unpaired) electrons. The van der Waals surface area contributed by atoms with Crippen LogP contribution in [0, 0.1) is 6.42 Å². The van der Waals surface area contributed by atoms with Crippen LogP contribution in [-0.4, -0.2) is 0 Å². The van der Waals surface area contributed by atoms with Crippen molar-refractivity contribution in [2.75, 3.05) is 0 Å². The van der Waals surface area contributed by atoms with E-state index in [9.17, 15) is 0 Å². The lowest BCUT2D eigenvalue weighted by atomic mass is 10.1. The quantitative estimate of drug-likeness (QED) is 0.368. The molecule has 0 aromatic rings. The third-order valence-corrected chi connectivity index (χ3v) is 2.00. The molecule has 0 fully saturated rings. The zero-order valence-electron chi connectivity index (χ0n) is 8.73. The molecule has 0 bridgehead atoms. The molecule has 0 unspecified atom stereocenters. The minimum absolute atomic E-state index is 1.10. The molecule has 0 rings (SSSR count). The smallest absolute Gasteiger partial charge is 0.0295 e. The average Bonchev–Trinajstić information content (AvgIpc) is 2.02. The molecule has 0 spiro atoms. The fourth-order valence-corrected chi connectivity index (χ4v) is 1.24. The molecule has 0 aliphatic rings. The summed E-state index contributed by atoms with van der Waals surface area (Å²) in [5, 5.41) is 0. The van der Waals surface area contributed by atoms with Crippen LogP contribution in [0.5, 0.6) is 0 Å². The molecule has 0 saturated carbocycles. The van der Waals surface area contributed by atoms with Gasteiger partial charge in [-0.3, -0.25) is 0 Å². The first-order chi connectivity index (χ1) is 5.77. The fourth-order valence-electron chi connectivity index (χ4n) is 1.24. The van der Waals surface area contributed by atoms with Gasteiger partial charge in [-0.1, -0.05) is 44.6 Å². The minimum Gasteiger partial charge on any atom is -0.100 e. The Morgan fingerprint density at radius 2 is 1.83 bits per heavy atom. The number of hydrogen-bond donors (Lipinski definition) is 0. The predicted octanol–water partition coefficient (Wildman–Crippen LogP) is 4.52. The van der Waals surface area contributed by atoms with Gasteiger partial charge in [0.1, 0.15) is 0 Å². The summed E-state index contributed by atoms with van der Waals surface area (Å²) in [5.41, 5.74) is 1.28. The van der Waals surface area contributed by atoms with Crippen LogP contribution in [-0.2, 0) is 0 Å². The Balaban J connectivity index is 2.86. The molecule has 0 saturated heterocycles. The summed E-state index contributed by atoms with van der Waals surface area (Å²) >= 11 is 0. The monoisotopic (exact) mass is 167 g/mol. The molecule has 12 heavy (non-hydrogen) atoms. The van der Waals surface area contributed by atoms with Gasteiger partial charge in [-0.05, 0) is 26.2 Å². The van der Waals surface area contributed by atoms with Gasteiger partial charge in [-0.15, -0.1) is 6.58 Å². The van der Waals surface area contributed by atoms with Gasteiger partial charge in [0.15, 0.2) is 0 Å². The predicted molar refractivity (Wildman–Crippen MR) is 57.1 cm³/mol. The molecule has 0 heteroatoms. The fraction of sp³-hybridized carbons (Fsp3) is 0.750. The maximum Gasteiger partial charge on any atom is -0.0295 e. The second-order valence-corrected chi connectivity index (χ2v) is 3.65. The minimum atomic E-state index is 1.10. The molecule has 0 aliphatic carbocycles. The molecule has 0 aromatic heterocycles. The van der Waals surface area contributed by atoms with Gasteiger partial charge < -0.3 is 0 Å². The highest BCUT2D eigenvalue weighted by atomic mass is 14.0. The summed E-state index contributed by atoms with van der Waals surface area (Å²) in [6, 6.07) is 0. The number of hydrogen-bond acceptors (Lipinski definition) is 0. The third-order valence-electron chi connectivity index (χ3n) is 2.00. The Bertz CT molecular complexity index is 103. The van der Waals surface area contributed by atoms with Crippen LogP contribution in [0.25, 0.3) is 0 Å². The molecule has 0 N–H and O–H groups in total. The highest BCUT2D eigenvalue weighted by Gasteiger charge is 1.90. The summed E-state index contributed by atoms with van der Waals surface area (Å²) in [4.78, 5) is 0. The van der Waals surface area contributed by atoms with Gasteiger partial charge >= 0.3 is 0 Å². The van der Waals surface area contributed by atoms with Crippen molar-refractivity contribution in [3.05, 3.63) is 18.6 Å². The number of rotatable bonds is 8. The van der Waals surface area contributed by atoms with E-state index in [1.807, 2.05) is 0 Å². The highest BCUT2D eigenvalue weighted by molar-refractivity contribution is 4.93. The van der Waals surface area contributed by atoms with E-state index in [2.05, 4.69) is 26.8 Å². The van der Waals surface area contributed by atoms with Crippen molar-refractivity contribution in [2.45, 2.75) is 58.8 Å². The molecule has 0 atom stereocenters. The van der Waals surface area contributed by atoms with E-state index < -0.39 is 0 Å². The lowest BCUT2D eigenvalue weighted by Gasteiger charge is -2.00. The van der Waals surface area contributed by atoms with Crippen LogP contribution in [0.4, 0.5) is 0 Å². The third kappa shape index (κ3) is 9.74. The van der Waals surface area contributed by atoms with Gasteiger partial charge in [-0.2, -0.15) is 0 Å². The van der Waals surface area contributed by atoms with Crippen LogP contribution >= 0.6 is 0 Å². The molecular weight excluding hydrogens is 144 g/mol. The van der Waals surface area contributed by atoms with E-state index in [1.165, 1.54) is 44.1 Å². The van der Waals surface area contributed by atoms with Gasteiger partial charge in [0, 0.05) is 0 Å². The van der Waals surface area contributed by atoms with E-state index in [1.54, 1.807) is 0 Å². The van der Waals surface area contributed by atoms with Crippen molar-refractivity contribution in [1.82, 2.24) is 0 Å². The average molecular weight is 167 g/mol. The lowest BCUT2D eigenvalue weighted by Crippen LogP contribution is -1.81. The highest BCUT2D eigenvalue weighted by Crippen LogP contribution is 2.09. The van der Waals surface area contributed by atoms with Crippen molar-refractivity contribution < 1.29 is 0 Å². The van der Waals surface area contributed by atoms with E-state index in [4.69, 9.17) is 0 Å². The first-order valence-corrected chi connectivity index (χ1v) is 5.23. The van der Waals surface area contributed by atoms with Crippen molar-refractivity contribution in [2.24, 2.45) is 0 Å². The standard InChI is InChI=1S/C12H23/c1-4-5-6-7-8-9-10-11-12(2)3/h10H,2,4-9,11H2,1,3H3. The van der Waals surface area contributed by atoms with Crippen molar-refractivity contribution in [3.8, 4) is 0 Å². The SMILES string of the molecule is C=C(C)C[CH]CCCCCCC. The Morgan fingerprint density at radius 3 is 2.42 bits per heavy atom. The second-order valence-electron chi connectivity index (χ2n) is 3.65. The van der Waals surface area contributed by atoms with Gasteiger partial charge in [-0.25, -0.2) is 0 Å². The molecule has 0 aliphatic heterocycles. The van der Waals surface area contributed by atoms with Crippen LogP contribution < -0.4 is 0 Å². The first kappa shape index (κ1) is 11.7. The molecule has 0 nitrogen and oxygen atoms in total. The van der Waals surface area contributed by atoms with Gasteiger partial charge in [0.2, 0.25) is 0 Å². The van der Waals surface area contributed by atoms with Gasteiger partial charge in [0.25, 0.3) is 0 Å². The molecule has 71 valence electrons. The van der Waals surface area contributed by atoms with E-state index in [0.29, 0.717) is 0 Å². The van der Waals surface area contributed by atoms with Crippen LogP contribution in [0.15, 0.2) is 12.2 Å². The Labute approximate surface area is 78.1 Å². The molecule has 0 aromatic carbocycles. The van der Waals surface area contributed by atoms with E-state index in [0.717, 1.165) is 6.42 Å². The van der Waals surface area contributed by atoms with Crippen LogP contribution in [0.1, 0.15) is 58.8 Å². The Hall–Kier alpha value is -0.260. The van der Waals surface area contributed by atoms with E-state index in [-0.39, 0.29) is 0 Å². The van der Waals surface area contributed by atoms with Gasteiger partial charge in [0.05, 0.1) is 0 Å². The summed E-state index contributed by atoms with van der Waals surface area (Å²) in [5.74, 6) is 0. The Kier molecular flexibility index (Phi) is 8.64. The zero-order valence-corrected chi connectivity index (χ0v) is 8.73. The summed E-state index contributed by atoms with van der Waals surface area (Å²) < 4.78 is 0. The Morgan fingerprint density at radius 1 is 1.17 bits per heavy atom. The zero-order chi connectivity index (χ0) is 9.23. The molecule has 0 amide bonds.